The van der Waals surface area contributed by atoms with Crippen LogP contribution in [-0.4, -0.2) is 31.8 Å². The summed E-state index contributed by atoms with van der Waals surface area (Å²) in [4.78, 5) is 0. The molecule has 3 N–H and O–H groups in total. The van der Waals surface area contributed by atoms with Crippen molar-refractivity contribution in [3.05, 3.63) is 11.6 Å². The van der Waals surface area contributed by atoms with E-state index in [9.17, 15) is 0 Å². The third-order valence-corrected chi connectivity index (χ3v) is 3.66. The second kappa shape index (κ2) is 6.38. The van der Waals surface area contributed by atoms with Gasteiger partial charge in [-0.2, -0.15) is 0 Å². The van der Waals surface area contributed by atoms with Gasteiger partial charge in [0.25, 0.3) is 0 Å². The Hall–Kier alpha value is -0.380. The van der Waals surface area contributed by atoms with E-state index < -0.39 is 0 Å². The van der Waals surface area contributed by atoms with Crippen LogP contribution in [0.5, 0.6) is 0 Å². The number of allylic oxidation sites excluding steroid dienone is 1. The summed E-state index contributed by atoms with van der Waals surface area (Å²) in [5.41, 5.74) is 7.41. The minimum Gasteiger partial charge on any atom is -0.377 e. The van der Waals surface area contributed by atoms with Crippen molar-refractivity contribution < 1.29 is 4.74 Å². The highest BCUT2D eigenvalue weighted by Gasteiger charge is 2.24. The Morgan fingerprint density at radius 3 is 3.06 bits per heavy atom. The maximum atomic E-state index is 5.79. The Balaban J connectivity index is 1.66. The third kappa shape index (κ3) is 3.30. The zero-order chi connectivity index (χ0) is 11.2. The monoisotopic (exact) mass is 224 g/mol. The number of rotatable bonds is 6. The van der Waals surface area contributed by atoms with Gasteiger partial charge in [0.1, 0.15) is 0 Å². The number of nitrogens with one attached hydrogen (secondary N) is 1. The van der Waals surface area contributed by atoms with Gasteiger partial charge in [-0.1, -0.05) is 11.6 Å². The Kier molecular flexibility index (Phi) is 4.82. The topological polar surface area (TPSA) is 47.3 Å². The van der Waals surface area contributed by atoms with Crippen LogP contribution in [0.25, 0.3) is 0 Å². The minimum atomic E-state index is 0.350. The van der Waals surface area contributed by atoms with E-state index in [1.165, 1.54) is 32.1 Å². The molecule has 2 rings (SSSR count). The highest BCUT2D eigenvalue weighted by molar-refractivity contribution is 5.07. The zero-order valence-electron chi connectivity index (χ0n) is 10.1. The molecule has 1 fully saturated rings. The standard InChI is InChI=1S/C13H24N2O/c14-10-12(13-6-3-9-16-13)15-8-7-11-4-1-2-5-11/h4,12-13,15H,1-3,5-10,14H2. The van der Waals surface area contributed by atoms with E-state index in [-0.39, 0.29) is 0 Å². The normalized spacial score (nSPS) is 27.1. The van der Waals surface area contributed by atoms with Crippen LogP contribution in [0.2, 0.25) is 0 Å². The first-order valence-electron chi connectivity index (χ1n) is 6.63. The molecule has 0 amide bonds. The SMILES string of the molecule is NCC(NCCC1=CCCC1)C1CCCO1. The van der Waals surface area contributed by atoms with Crippen LogP contribution in [0.1, 0.15) is 38.5 Å². The fourth-order valence-corrected chi connectivity index (χ4v) is 2.67. The van der Waals surface area contributed by atoms with Gasteiger partial charge in [-0.15, -0.1) is 0 Å². The third-order valence-electron chi connectivity index (χ3n) is 3.66. The zero-order valence-corrected chi connectivity index (χ0v) is 10.1. The van der Waals surface area contributed by atoms with E-state index in [0.717, 1.165) is 19.6 Å². The number of ether oxygens (including phenoxy) is 1. The summed E-state index contributed by atoms with van der Waals surface area (Å²) >= 11 is 0. The van der Waals surface area contributed by atoms with Crippen molar-refractivity contribution in [3.63, 3.8) is 0 Å². The van der Waals surface area contributed by atoms with Crippen molar-refractivity contribution in [1.29, 1.82) is 0 Å². The van der Waals surface area contributed by atoms with Crippen LogP contribution in [0.3, 0.4) is 0 Å². The van der Waals surface area contributed by atoms with Gasteiger partial charge in [0.05, 0.1) is 6.10 Å². The van der Waals surface area contributed by atoms with E-state index in [2.05, 4.69) is 11.4 Å². The van der Waals surface area contributed by atoms with Crippen molar-refractivity contribution >= 4 is 0 Å². The summed E-state index contributed by atoms with van der Waals surface area (Å²) in [6.45, 7) is 2.64. The second-order valence-electron chi connectivity index (χ2n) is 4.85. The molecule has 2 unspecified atom stereocenters. The Labute approximate surface area is 98.4 Å². The molecule has 2 aliphatic rings. The fraction of sp³-hybridized carbons (Fsp3) is 0.846. The molecule has 0 saturated carbocycles. The maximum Gasteiger partial charge on any atom is 0.0741 e. The van der Waals surface area contributed by atoms with Crippen molar-refractivity contribution in [2.45, 2.75) is 50.7 Å². The van der Waals surface area contributed by atoms with Crippen LogP contribution in [-0.2, 0) is 4.74 Å². The fourth-order valence-electron chi connectivity index (χ4n) is 2.67. The molecule has 16 heavy (non-hydrogen) atoms. The van der Waals surface area contributed by atoms with E-state index in [0.29, 0.717) is 18.7 Å². The quantitative estimate of drug-likeness (QED) is 0.673. The molecule has 1 saturated heterocycles. The first-order chi connectivity index (χ1) is 7.90. The van der Waals surface area contributed by atoms with Crippen molar-refractivity contribution in [1.82, 2.24) is 5.32 Å². The predicted octanol–water partition coefficient (Wildman–Crippen LogP) is 1.58. The lowest BCUT2D eigenvalue weighted by atomic mass is 10.1. The molecule has 0 spiro atoms. The molecule has 3 nitrogen and oxygen atoms in total. The Morgan fingerprint density at radius 1 is 1.50 bits per heavy atom. The average Bonchev–Trinajstić information content (AvgIpc) is 2.96. The highest BCUT2D eigenvalue weighted by Crippen LogP contribution is 2.20. The number of nitrogens with two attached hydrogens (primary N) is 1. The van der Waals surface area contributed by atoms with Gasteiger partial charge >= 0.3 is 0 Å². The van der Waals surface area contributed by atoms with Crippen LogP contribution < -0.4 is 11.1 Å². The Bertz CT molecular complexity index is 234. The molecule has 0 aromatic heterocycles. The summed E-state index contributed by atoms with van der Waals surface area (Å²) in [7, 11) is 0. The molecule has 0 radical (unpaired) electrons. The molecule has 1 aliphatic heterocycles. The summed E-state index contributed by atoms with van der Waals surface area (Å²) in [6, 6.07) is 0.351. The van der Waals surface area contributed by atoms with Gasteiger partial charge in [-0.05, 0) is 45.1 Å². The largest absolute Gasteiger partial charge is 0.377 e. The van der Waals surface area contributed by atoms with E-state index in [1.807, 2.05) is 0 Å². The molecule has 1 heterocycles. The highest BCUT2D eigenvalue weighted by atomic mass is 16.5. The summed E-state index contributed by atoms with van der Waals surface area (Å²) in [5.74, 6) is 0. The maximum absolute atomic E-state index is 5.79. The van der Waals surface area contributed by atoms with Crippen molar-refractivity contribution in [2.24, 2.45) is 5.73 Å². The van der Waals surface area contributed by atoms with Gasteiger partial charge in [0.15, 0.2) is 0 Å². The van der Waals surface area contributed by atoms with E-state index in [1.54, 1.807) is 5.57 Å². The lowest BCUT2D eigenvalue weighted by Gasteiger charge is -2.22. The number of hydrogen-bond donors (Lipinski definition) is 2. The predicted molar refractivity (Wildman–Crippen MR) is 66.4 cm³/mol. The molecule has 0 aromatic carbocycles. The molecule has 92 valence electrons. The molecule has 3 heteroatoms. The van der Waals surface area contributed by atoms with Crippen molar-refractivity contribution in [2.75, 3.05) is 19.7 Å². The average molecular weight is 224 g/mol. The lowest BCUT2D eigenvalue weighted by Crippen LogP contribution is -2.45. The van der Waals surface area contributed by atoms with Gasteiger partial charge in [0.2, 0.25) is 0 Å². The Morgan fingerprint density at radius 2 is 2.44 bits per heavy atom. The molecular formula is C13H24N2O. The lowest BCUT2D eigenvalue weighted by molar-refractivity contribution is 0.0809. The molecule has 1 aliphatic carbocycles. The van der Waals surface area contributed by atoms with Crippen LogP contribution in [0, 0.1) is 0 Å². The first kappa shape index (κ1) is 12.1. The van der Waals surface area contributed by atoms with Crippen LogP contribution in [0.4, 0.5) is 0 Å². The van der Waals surface area contributed by atoms with Crippen LogP contribution >= 0.6 is 0 Å². The summed E-state index contributed by atoms with van der Waals surface area (Å²) in [6.07, 6.45) is 10.2. The second-order valence-corrected chi connectivity index (χ2v) is 4.85. The van der Waals surface area contributed by atoms with E-state index in [4.69, 9.17) is 10.5 Å². The number of hydrogen-bond acceptors (Lipinski definition) is 3. The minimum absolute atomic E-state index is 0.350. The molecule has 0 aromatic rings. The first-order valence-corrected chi connectivity index (χ1v) is 6.63. The summed E-state index contributed by atoms with van der Waals surface area (Å²) < 4.78 is 5.67. The van der Waals surface area contributed by atoms with Crippen LogP contribution in [0.15, 0.2) is 11.6 Å². The molecular weight excluding hydrogens is 200 g/mol. The van der Waals surface area contributed by atoms with Crippen molar-refractivity contribution in [3.8, 4) is 0 Å². The van der Waals surface area contributed by atoms with Gasteiger partial charge < -0.3 is 15.8 Å². The van der Waals surface area contributed by atoms with E-state index >= 15 is 0 Å². The molecule has 2 atom stereocenters. The van der Waals surface area contributed by atoms with Gasteiger partial charge in [-0.25, -0.2) is 0 Å². The molecule has 0 bridgehead atoms. The summed E-state index contributed by atoms with van der Waals surface area (Å²) in [5, 5.41) is 3.55. The smallest absolute Gasteiger partial charge is 0.0741 e. The van der Waals surface area contributed by atoms with Gasteiger partial charge in [-0.3, -0.25) is 0 Å². The van der Waals surface area contributed by atoms with Gasteiger partial charge in [0, 0.05) is 19.2 Å².